The monoisotopic (exact) mass is 638 g/mol. The zero-order valence-corrected chi connectivity index (χ0v) is 26.7. The van der Waals surface area contributed by atoms with E-state index >= 15 is 0 Å². The molecule has 2 aromatic heterocycles. The van der Waals surface area contributed by atoms with E-state index in [1.54, 1.807) is 19.3 Å². The average Bonchev–Trinajstić information content (AvgIpc) is 3.62. The van der Waals surface area contributed by atoms with Gasteiger partial charge in [-0.3, -0.25) is 18.6 Å². The summed E-state index contributed by atoms with van der Waals surface area (Å²) in [5, 5.41) is 29.7. The first kappa shape index (κ1) is 33.7. The molecule has 13 heteroatoms. The van der Waals surface area contributed by atoms with Gasteiger partial charge in [0.05, 0.1) is 35.3 Å². The number of nitrogens with one attached hydrogen (secondary N) is 2. The van der Waals surface area contributed by atoms with Gasteiger partial charge < -0.3 is 25.4 Å². The van der Waals surface area contributed by atoms with Crippen molar-refractivity contribution in [3.05, 3.63) is 83.3 Å². The van der Waals surface area contributed by atoms with Crippen LogP contribution < -0.4 is 14.9 Å². The van der Waals surface area contributed by atoms with Gasteiger partial charge in [-0.2, -0.15) is 5.10 Å². The normalized spacial score (nSPS) is 15.1. The topological polar surface area (TPSA) is 159 Å². The van der Waals surface area contributed by atoms with Gasteiger partial charge in [-0.15, -0.1) is 0 Å². The summed E-state index contributed by atoms with van der Waals surface area (Å²) in [6.45, 7) is 5.83. The number of carboxylic acid groups (broad SMARTS) is 1. The molecule has 1 aliphatic rings. The van der Waals surface area contributed by atoms with Crippen molar-refractivity contribution >= 4 is 39.0 Å². The number of aliphatic hydroxyl groups excluding tert-OH is 1. The molecule has 45 heavy (non-hydrogen) atoms. The van der Waals surface area contributed by atoms with Crippen molar-refractivity contribution in [2.45, 2.75) is 64.9 Å². The van der Waals surface area contributed by atoms with Crippen LogP contribution in [0.15, 0.2) is 61.1 Å². The fourth-order valence-corrected chi connectivity index (χ4v) is 6.72. The second-order valence-electron chi connectivity index (χ2n) is 11.1. The molecule has 0 radical (unpaired) electrons. The molecule has 0 saturated carbocycles. The van der Waals surface area contributed by atoms with Crippen LogP contribution in [0.2, 0.25) is 0 Å². The Bertz CT molecular complexity index is 1700. The molecule has 1 amide bonds. The minimum absolute atomic E-state index is 0.00731. The van der Waals surface area contributed by atoms with Crippen LogP contribution in [0.3, 0.4) is 0 Å². The molecule has 0 aliphatic carbocycles. The van der Waals surface area contributed by atoms with Crippen LogP contribution in [-0.2, 0) is 47.3 Å². The number of rotatable bonds is 12. The number of aliphatic hydroxyl groups is 1. The number of carbonyl (C=O) groups excluding carboxylic acids is 1. The second-order valence-corrected chi connectivity index (χ2v) is 13.2. The number of anilines is 1. The molecule has 12 nitrogen and oxygen atoms in total. The highest BCUT2D eigenvalue weighted by Crippen LogP contribution is 2.36. The predicted molar refractivity (Wildman–Crippen MR) is 174 cm³/mol. The van der Waals surface area contributed by atoms with Gasteiger partial charge in [-0.05, 0) is 43.0 Å². The lowest BCUT2D eigenvalue weighted by Gasteiger charge is -2.25. The first-order chi connectivity index (χ1) is 21.6. The average molecular weight is 639 g/mol. The number of amides is 1. The Labute approximate surface area is 263 Å². The molecule has 4 N–H and O–H groups in total. The summed E-state index contributed by atoms with van der Waals surface area (Å²) < 4.78 is 31.1. The van der Waals surface area contributed by atoms with Gasteiger partial charge in [-0.25, -0.2) is 8.42 Å². The van der Waals surface area contributed by atoms with Crippen molar-refractivity contribution in [2.24, 2.45) is 0 Å². The third kappa shape index (κ3) is 8.10. The molecule has 5 rings (SSSR count). The molecule has 0 unspecified atom stereocenters. The maximum absolute atomic E-state index is 13.8. The Balaban J connectivity index is 0.00000148. The van der Waals surface area contributed by atoms with E-state index < -0.39 is 22.2 Å². The fraction of sp³-hybridized carbons (Fsp3) is 0.406. The third-order valence-corrected chi connectivity index (χ3v) is 9.67. The Kier molecular flexibility index (Phi) is 11.4. The van der Waals surface area contributed by atoms with Crippen LogP contribution in [0.25, 0.3) is 10.9 Å². The van der Waals surface area contributed by atoms with Gasteiger partial charge in [0.1, 0.15) is 0 Å². The summed E-state index contributed by atoms with van der Waals surface area (Å²) in [6, 6.07) is 12.7. The number of benzene rings is 2. The number of sulfonamides is 1. The highest BCUT2D eigenvalue weighted by atomic mass is 32.2. The van der Waals surface area contributed by atoms with Crippen LogP contribution in [0.5, 0.6) is 0 Å². The molecule has 1 aliphatic heterocycles. The van der Waals surface area contributed by atoms with Gasteiger partial charge in [0.2, 0.25) is 10.0 Å². The summed E-state index contributed by atoms with van der Waals surface area (Å²) in [5.74, 6) is -0.366. The van der Waals surface area contributed by atoms with E-state index in [1.165, 1.54) is 4.31 Å². The standard InChI is InChI=1S/C31H40N6O4S.CH2O2/c1-4-9-24-21-36-12-13-42(40,41)35(3)28-16-25(15-26(24)30(28)36)31(39)34-27(14-22-10-7-6-8-11-22)29(38)19-32-17-23-18-33-37(5-2)20-23;2-1-3/h6-8,10-11,15-16,18,20-21,27,29,32,38H,4-5,9,12-14,17,19H2,1-3H3,(H,34,39);1H,(H,2,3)/t27-,29+;/m0./s1. The summed E-state index contributed by atoms with van der Waals surface area (Å²) in [4.78, 5) is 22.2. The van der Waals surface area contributed by atoms with E-state index in [1.807, 2.05) is 65.0 Å². The summed E-state index contributed by atoms with van der Waals surface area (Å²) in [5.41, 5.74) is 4.78. The molecule has 0 fully saturated rings. The number of hydrogen-bond donors (Lipinski definition) is 4. The van der Waals surface area contributed by atoms with E-state index in [9.17, 15) is 18.3 Å². The van der Waals surface area contributed by atoms with Crippen molar-refractivity contribution < 1.29 is 28.2 Å². The Morgan fingerprint density at radius 2 is 1.87 bits per heavy atom. The van der Waals surface area contributed by atoms with Crippen LogP contribution >= 0.6 is 0 Å². The minimum Gasteiger partial charge on any atom is -0.483 e. The summed E-state index contributed by atoms with van der Waals surface area (Å²) >= 11 is 0. The van der Waals surface area contributed by atoms with Gasteiger partial charge in [0.15, 0.2) is 0 Å². The van der Waals surface area contributed by atoms with Crippen LogP contribution in [0, 0.1) is 0 Å². The van der Waals surface area contributed by atoms with Crippen LogP contribution in [0.1, 0.15) is 47.3 Å². The zero-order valence-electron chi connectivity index (χ0n) is 25.9. The number of hydrogen-bond acceptors (Lipinski definition) is 7. The van der Waals surface area contributed by atoms with E-state index in [0.29, 0.717) is 30.8 Å². The lowest BCUT2D eigenvalue weighted by atomic mass is 9.99. The highest BCUT2D eigenvalue weighted by molar-refractivity contribution is 7.92. The first-order valence-electron chi connectivity index (χ1n) is 15.1. The second kappa shape index (κ2) is 15.2. The smallest absolute Gasteiger partial charge is 0.290 e. The molecule has 2 atom stereocenters. The number of nitrogens with zero attached hydrogens (tertiary/aromatic N) is 4. The van der Waals surface area contributed by atoms with Gasteiger partial charge in [-0.1, -0.05) is 43.7 Å². The van der Waals surface area contributed by atoms with E-state index in [0.717, 1.165) is 47.0 Å². The fourth-order valence-electron chi connectivity index (χ4n) is 5.58. The Morgan fingerprint density at radius 1 is 1.13 bits per heavy atom. The summed E-state index contributed by atoms with van der Waals surface area (Å²) in [6.07, 6.45) is 7.09. The number of carbonyl (C=O) groups is 2. The maximum Gasteiger partial charge on any atom is 0.290 e. The van der Waals surface area contributed by atoms with Crippen LogP contribution in [0.4, 0.5) is 5.69 Å². The van der Waals surface area contributed by atoms with E-state index in [2.05, 4.69) is 22.7 Å². The van der Waals surface area contributed by atoms with Gasteiger partial charge in [0, 0.05) is 62.1 Å². The molecule has 0 saturated heterocycles. The first-order valence-corrected chi connectivity index (χ1v) is 16.7. The third-order valence-electron chi connectivity index (χ3n) is 7.94. The molecule has 242 valence electrons. The van der Waals surface area contributed by atoms with Crippen molar-refractivity contribution in [1.82, 2.24) is 25.0 Å². The zero-order chi connectivity index (χ0) is 32.6. The largest absolute Gasteiger partial charge is 0.483 e. The van der Waals surface area contributed by atoms with Crippen molar-refractivity contribution in [3.8, 4) is 0 Å². The molecule has 3 heterocycles. The van der Waals surface area contributed by atoms with E-state index in [4.69, 9.17) is 9.90 Å². The van der Waals surface area contributed by atoms with Crippen molar-refractivity contribution in [2.75, 3.05) is 23.7 Å². The summed E-state index contributed by atoms with van der Waals surface area (Å²) in [7, 11) is -1.99. The molecule has 0 spiro atoms. The van der Waals surface area contributed by atoms with E-state index in [-0.39, 0.29) is 24.7 Å². The molecular weight excluding hydrogens is 596 g/mol. The van der Waals surface area contributed by atoms with Gasteiger partial charge in [0.25, 0.3) is 12.4 Å². The van der Waals surface area contributed by atoms with Crippen molar-refractivity contribution in [1.29, 1.82) is 0 Å². The lowest BCUT2D eigenvalue weighted by Crippen LogP contribution is -2.48. The Hall–Kier alpha value is -4.20. The maximum atomic E-state index is 13.8. The van der Waals surface area contributed by atoms with Gasteiger partial charge >= 0.3 is 0 Å². The van der Waals surface area contributed by atoms with Crippen molar-refractivity contribution in [3.63, 3.8) is 0 Å². The molecule has 0 bridgehead atoms. The Morgan fingerprint density at radius 3 is 2.53 bits per heavy atom. The quantitative estimate of drug-likeness (QED) is 0.173. The molecule has 4 aromatic rings. The minimum atomic E-state index is -3.53. The lowest BCUT2D eigenvalue weighted by molar-refractivity contribution is -0.122. The number of aromatic nitrogens is 3. The molecular formula is C32H42N6O6S. The SMILES string of the molecule is CCCc1cn2c3c(cc(C(=O)N[C@@H](Cc4ccccc4)[C@H](O)CNCc4cnn(CC)c4)cc13)N(C)S(=O)(=O)CC2.O=CO. The highest BCUT2D eigenvalue weighted by Gasteiger charge is 2.29. The van der Waals surface area contributed by atoms with Crippen LogP contribution in [-0.4, -0.2) is 76.8 Å². The molecule has 2 aromatic carbocycles. The predicted octanol–water partition coefficient (Wildman–Crippen LogP) is 2.78. The number of aryl methyl sites for hydroxylation is 3.